The molecule has 1 atom stereocenters. The summed E-state index contributed by atoms with van der Waals surface area (Å²) in [6.45, 7) is 5.51. The third kappa shape index (κ3) is 3.07. The van der Waals surface area contributed by atoms with Gasteiger partial charge in [0.1, 0.15) is 17.5 Å². The summed E-state index contributed by atoms with van der Waals surface area (Å²) in [6, 6.07) is 4.43. The second-order valence-corrected chi connectivity index (χ2v) is 5.61. The van der Waals surface area contributed by atoms with Gasteiger partial charge >= 0.3 is 12.0 Å². The molecule has 1 aromatic heterocycles. The van der Waals surface area contributed by atoms with Gasteiger partial charge in [-0.25, -0.2) is 14.6 Å². The molecule has 20 heavy (non-hydrogen) atoms. The summed E-state index contributed by atoms with van der Waals surface area (Å²) in [5, 5.41) is 2.68. The number of likely N-dealkylation sites (N-methyl/N-ethyl adjacent to an activating group) is 1. The number of aromatic nitrogens is 1. The maximum absolute atomic E-state index is 12.1. The number of rotatable bonds is 2. The molecule has 2 heterocycles. The maximum Gasteiger partial charge on any atom is 0.329 e. The highest BCUT2D eigenvalue weighted by Crippen LogP contribution is 2.28. The lowest BCUT2D eigenvalue weighted by molar-refractivity contribution is -0.148. The Hall–Kier alpha value is -2.11. The number of hydrogen-bond acceptors (Lipinski definition) is 4. The number of esters is 1. The molecule has 0 radical (unpaired) electrons. The van der Waals surface area contributed by atoms with E-state index in [1.165, 1.54) is 4.90 Å². The smallest absolute Gasteiger partial charge is 0.329 e. The van der Waals surface area contributed by atoms with Gasteiger partial charge in [-0.15, -0.1) is 0 Å². The van der Waals surface area contributed by atoms with Crippen LogP contribution in [0.25, 0.3) is 0 Å². The van der Waals surface area contributed by atoms with Gasteiger partial charge in [-0.3, -0.25) is 5.32 Å². The molecule has 1 unspecified atom stereocenters. The van der Waals surface area contributed by atoms with Crippen LogP contribution in [0.2, 0.25) is 0 Å². The van der Waals surface area contributed by atoms with Gasteiger partial charge in [0.2, 0.25) is 0 Å². The number of nitrogens with one attached hydrogen (secondary N) is 1. The quantitative estimate of drug-likeness (QED) is 0.839. The second kappa shape index (κ2) is 5.11. The summed E-state index contributed by atoms with van der Waals surface area (Å²) in [4.78, 5) is 29.5. The first-order valence-electron chi connectivity index (χ1n) is 6.49. The molecule has 0 spiro atoms. The zero-order valence-corrected chi connectivity index (χ0v) is 12.1. The number of nitrogens with zero attached hydrogens (tertiary/aromatic N) is 2. The SMILES string of the molecule is Cc1cccc(NC(=O)N(C)C2CC(C)(C)OC2=O)n1. The molecular formula is C14H19N3O3. The summed E-state index contributed by atoms with van der Waals surface area (Å²) < 4.78 is 5.23. The number of urea groups is 1. The zero-order valence-electron chi connectivity index (χ0n) is 12.1. The Labute approximate surface area is 118 Å². The van der Waals surface area contributed by atoms with E-state index in [-0.39, 0.29) is 12.0 Å². The Balaban J connectivity index is 2.04. The van der Waals surface area contributed by atoms with Crippen LogP contribution in [0.4, 0.5) is 10.6 Å². The summed E-state index contributed by atoms with van der Waals surface area (Å²) in [6.07, 6.45) is 0.483. The highest BCUT2D eigenvalue weighted by Gasteiger charge is 2.43. The van der Waals surface area contributed by atoms with Crippen LogP contribution in [0.15, 0.2) is 18.2 Å². The number of amides is 2. The number of anilines is 1. The Morgan fingerprint density at radius 2 is 2.20 bits per heavy atom. The molecular weight excluding hydrogens is 258 g/mol. The van der Waals surface area contributed by atoms with Crippen LogP contribution < -0.4 is 5.32 Å². The minimum absolute atomic E-state index is 0.371. The van der Waals surface area contributed by atoms with Crippen LogP contribution in [0.1, 0.15) is 26.0 Å². The van der Waals surface area contributed by atoms with Crippen LogP contribution in [0, 0.1) is 6.92 Å². The Morgan fingerprint density at radius 3 is 2.75 bits per heavy atom. The number of carbonyl (C=O) groups is 2. The first kappa shape index (κ1) is 14.3. The van der Waals surface area contributed by atoms with Crippen molar-refractivity contribution in [1.82, 2.24) is 9.88 Å². The minimum atomic E-state index is -0.560. The molecule has 0 bridgehead atoms. The largest absolute Gasteiger partial charge is 0.458 e. The Morgan fingerprint density at radius 1 is 1.50 bits per heavy atom. The Kier molecular flexibility index (Phi) is 3.65. The van der Waals surface area contributed by atoms with Gasteiger partial charge in [-0.05, 0) is 32.9 Å². The summed E-state index contributed by atoms with van der Waals surface area (Å²) in [5.74, 6) is 0.0947. The second-order valence-electron chi connectivity index (χ2n) is 5.61. The molecule has 2 amide bonds. The van der Waals surface area contributed by atoms with E-state index in [4.69, 9.17) is 4.74 Å². The van der Waals surface area contributed by atoms with Crippen molar-refractivity contribution in [2.45, 2.75) is 38.8 Å². The van der Waals surface area contributed by atoms with Gasteiger partial charge in [0.25, 0.3) is 0 Å². The summed E-state index contributed by atoms with van der Waals surface area (Å²) in [5.41, 5.74) is 0.282. The van der Waals surface area contributed by atoms with Gasteiger partial charge in [-0.2, -0.15) is 0 Å². The van der Waals surface area contributed by atoms with Crippen molar-refractivity contribution in [2.75, 3.05) is 12.4 Å². The predicted octanol–water partition coefficient (Wildman–Crippen LogP) is 1.95. The molecule has 0 aromatic carbocycles. The fourth-order valence-corrected chi connectivity index (χ4v) is 2.18. The third-order valence-electron chi connectivity index (χ3n) is 3.25. The number of carbonyl (C=O) groups excluding carboxylic acids is 2. The highest BCUT2D eigenvalue weighted by atomic mass is 16.6. The molecule has 0 aliphatic carbocycles. The normalized spacial score (nSPS) is 20.4. The van der Waals surface area contributed by atoms with Crippen LogP contribution in [-0.2, 0) is 9.53 Å². The number of aryl methyl sites for hydroxylation is 1. The molecule has 1 aromatic rings. The Bertz CT molecular complexity index is 542. The summed E-state index contributed by atoms with van der Waals surface area (Å²) >= 11 is 0. The van der Waals surface area contributed by atoms with Crippen molar-refractivity contribution in [2.24, 2.45) is 0 Å². The van der Waals surface area contributed by atoms with Crippen molar-refractivity contribution in [3.8, 4) is 0 Å². The van der Waals surface area contributed by atoms with Gasteiger partial charge in [0.15, 0.2) is 0 Å². The molecule has 1 aliphatic heterocycles. The molecule has 1 fully saturated rings. The minimum Gasteiger partial charge on any atom is -0.458 e. The molecule has 2 rings (SSSR count). The molecule has 1 saturated heterocycles. The zero-order chi connectivity index (χ0) is 14.9. The lowest BCUT2D eigenvalue weighted by atomic mass is 10.0. The highest BCUT2D eigenvalue weighted by molar-refractivity contribution is 5.92. The molecule has 1 N–H and O–H groups in total. The fraction of sp³-hybridized carbons (Fsp3) is 0.500. The molecule has 6 nitrogen and oxygen atoms in total. The average Bonchev–Trinajstić information content (AvgIpc) is 2.61. The number of hydrogen-bond donors (Lipinski definition) is 1. The van der Waals surface area contributed by atoms with Gasteiger partial charge < -0.3 is 9.64 Å². The van der Waals surface area contributed by atoms with Gasteiger partial charge in [-0.1, -0.05) is 6.07 Å². The number of ether oxygens (including phenoxy) is 1. The lowest BCUT2D eigenvalue weighted by Gasteiger charge is -2.22. The van der Waals surface area contributed by atoms with Crippen LogP contribution in [0.3, 0.4) is 0 Å². The third-order valence-corrected chi connectivity index (χ3v) is 3.25. The monoisotopic (exact) mass is 277 g/mol. The van der Waals surface area contributed by atoms with E-state index in [1.54, 1.807) is 13.1 Å². The van der Waals surface area contributed by atoms with E-state index >= 15 is 0 Å². The topological polar surface area (TPSA) is 71.5 Å². The van der Waals surface area contributed by atoms with Crippen molar-refractivity contribution < 1.29 is 14.3 Å². The number of pyridine rings is 1. The molecule has 1 aliphatic rings. The van der Waals surface area contributed by atoms with Gasteiger partial charge in [0.05, 0.1) is 0 Å². The first-order valence-corrected chi connectivity index (χ1v) is 6.49. The molecule has 0 saturated carbocycles. The van der Waals surface area contributed by atoms with Crippen molar-refractivity contribution in [3.05, 3.63) is 23.9 Å². The molecule has 108 valence electrons. The lowest BCUT2D eigenvalue weighted by Crippen LogP contribution is -2.42. The van der Waals surface area contributed by atoms with Crippen LogP contribution in [-0.4, -0.2) is 40.6 Å². The van der Waals surface area contributed by atoms with E-state index in [1.807, 2.05) is 32.9 Å². The van der Waals surface area contributed by atoms with Crippen molar-refractivity contribution >= 4 is 17.8 Å². The van der Waals surface area contributed by atoms with Crippen molar-refractivity contribution in [1.29, 1.82) is 0 Å². The summed E-state index contributed by atoms with van der Waals surface area (Å²) in [7, 11) is 1.58. The van der Waals surface area contributed by atoms with E-state index < -0.39 is 11.6 Å². The standard InChI is InChI=1S/C14H19N3O3/c1-9-6-5-7-11(15-9)16-13(19)17(4)10-8-14(2,3)20-12(10)18/h5-7,10H,8H2,1-4H3,(H,15,16,19). The van der Waals surface area contributed by atoms with E-state index in [0.717, 1.165) is 5.69 Å². The number of cyclic esters (lactones) is 1. The fourth-order valence-electron chi connectivity index (χ4n) is 2.18. The first-order chi connectivity index (χ1) is 9.28. The van der Waals surface area contributed by atoms with Gasteiger partial charge in [0, 0.05) is 19.2 Å². The molecule has 6 heteroatoms. The van der Waals surface area contributed by atoms with E-state index in [9.17, 15) is 9.59 Å². The van der Waals surface area contributed by atoms with E-state index in [2.05, 4.69) is 10.3 Å². The maximum atomic E-state index is 12.1. The van der Waals surface area contributed by atoms with Crippen LogP contribution in [0.5, 0.6) is 0 Å². The van der Waals surface area contributed by atoms with Crippen molar-refractivity contribution in [3.63, 3.8) is 0 Å². The average molecular weight is 277 g/mol. The predicted molar refractivity (Wildman–Crippen MR) is 74.3 cm³/mol. The van der Waals surface area contributed by atoms with E-state index in [0.29, 0.717) is 12.2 Å². The van der Waals surface area contributed by atoms with Crippen LogP contribution >= 0.6 is 0 Å².